The number of carbonyl (C=O) groups excluding carboxylic acids is 2. The molecule has 0 spiro atoms. The molecule has 2 amide bonds. The zero-order valence-electron chi connectivity index (χ0n) is 16.7. The lowest BCUT2D eigenvalue weighted by atomic mass is 10.2. The number of aryl methyl sites for hydroxylation is 1. The quantitative estimate of drug-likeness (QED) is 0.541. The molecule has 3 N–H and O–H groups in total. The molecular formula is C23H22FN3O3. The molecule has 0 bridgehead atoms. The normalized spacial score (nSPS) is 10.2. The number of hydrogen-bond donors (Lipinski definition) is 3. The predicted molar refractivity (Wildman–Crippen MR) is 116 cm³/mol. The maximum Gasteiger partial charge on any atom is 0.255 e. The van der Waals surface area contributed by atoms with Crippen LogP contribution in [0.15, 0.2) is 66.7 Å². The average molecular weight is 407 g/mol. The van der Waals surface area contributed by atoms with Crippen molar-refractivity contribution >= 4 is 28.9 Å². The van der Waals surface area contributed by atoms with Crippen molar-refractivity contribution in [1.82, 2.24) is 0 Å². The number of nitrogens with one attached hydrogen (secondary N) is 3. The summed E-state index contributed by atoms with van der Waals surface area (Å²) in [5.74, 6) is -0.476. The minimum absolute atomic E-state index is 0.0873. The SMILES string of the molecule is COc1ccccc1NC(=O)c1ccc(NC(=O)CNc2ccc(C)cc2F)cc1. The van der Waals surface area contributed by atoms with E-state index < -0.39 is 5.82 Å². The van der Waals surface area contributed by atoms with Crippen LogP contribution in [0.5, 0.6) is 5.75 Å². The Morgan fingerprint density at radius 2 is 1.67 bits per heavy atom. The van der Waals surface area contributed by atoms with Crippen LogP contribution in [0.1, 0.15) is 15.9 Å². The molecule has 7 heteroatoms. The smallest absolute Gasteiger partial charge is 0.255 e. The standard InChI is InChI=1S/C23H22FN3O3/c1-15-7-12-19(18(24)13-15)25-14-22(28)26-17-10-8-16(9-11-17)23(29)27-20-5-3-4-6-21(20)30-2/h3-13,25H,14H2,1-2H3,(H,26,28)(H,27,29). The highest BCUT2D eigenvalue weighted by atomic mass is 19.1. The zero-order chi connectivity index (χ0) is 21.5. The van der Waals surface area contributed by atoms with E-state index in [9.17, 15) is 14.0 Å². The Balaban J connectivity index is 1.56. The molecule has 0 aromatic heterocycles. The maximum atomic E-state index is 13.8. The summed E-state index contributed by atoms with van der Waals surface area (Å²) in [6.45, 7) is 1.70. The molecule has 3 aromatic carbocycles. The van der Waals surface area contributed by atoms with Gasteiger partial charge in [0, 0.05) is 11.3 Å². The Morgan fingerprint density at radius 3 is 2.37 bits per heavy atom. The topological polar surface area (TPSA) is 79.5 Å². The van der Waals surface area contributed by atoms with Gasteiger partial charge in [0.2, 0.25) is 5.91 Å². The number of amides is 2. The molecule has 0 aliphatic heterocycles. The Labute approximate surface area is 174 Å². The first-order valence-corrected chi connectivity index (χ1v) is 9.30. The van der Waals surface area contributed by atoms with E-state index in [0.717, 1.165) is 5.56 Å². The van der Waals surface area contributed by atoms with E-state index in [1.807, 2.05) is 6.07 Å². The molecule has 6 nitrogen and oxygen atoms in total. The van der Waals surface area contributed by atoms with Crippen molar-refractivity contribution in [2.24, 2.45) is 0 Å². The van der Waals surface area contributed by atoms with Crippen molar-refractivity contribution in [2.75, 3.05) is 29.6 Å². The highest BCUT2D eigenvalue weighted by molar-refractivity contribution is 6.05. The van der Waals surface area contributed by atoms with Gasteiger partial charge in [-0.1, -0.05) is 18.2 Å². The van der Waals surface area contributed by atoms with Gasteiger partial charge in [-0.15, -0.1) is 0 Å². The first-order chi connectivity index (χ1) is 14.5. The summed E-state index contributed by atoms with van der Waals surface area (Å²) in [5, 5.41) is 8.26. The van der Waals surface area contributed by atoms with Crippen LogP contribution in [0.25, 0.3) is 0 Å². The van der Waals surface area contributed by atoms with Crippen molar-refractivity contribution in [2.45, 2.75) is 6.92 Å². The van der Waals surface area contributed by atoms with Crippen LogP contribution >= 0.6 is 0 Å². The number of methoxy groups -OCH3 is 1. The Morgan fingerprint density at radius 1 is 0.933 bits per heavy atom. The minimum atomic E-state index is -0.409. The summed E-state index contributed by atoms with van der Waals surface area (Å²) < 4.78 is 19.0. The van der Waals surface area contributed by atoms with Gasteiger partial charge in [0.25, 0.3) is 5.91 Å². The fraction of sp³-hybridized carbons (Fsp3) is 0.130. The third kappa shape index (κ3) is 5.35. The van der Waals surface area contributed by atoms with Crippen LogP contribution in [-0.2, 0) is 4.79 Å². The minimum Gasteiger partial charge on any atom is -0.495 e. The number of benzene rings is 3. The van der Waals surface area contributed by atoms with E-state index in [-0.39, 0.29) is 24.0 Å². The molecule has 0 aliphatic carbocycles. The van der Waals surface area contributed by atoms with Gasteiger partial charge in [-0.2, -0.15) is 0 Å². The molecule has 30 heavy (non-hydrogen) atoms. The molecule has 0 aliphatic rings. The number of anilines is 3. The molecule has 0 unspecified atom stereocenters. The number of carbonyl (C=O) groups is 2. The number of rotatable bonds is 7. The highest BCUT2D eigenvalue weighted by Gasteiger charge is 2.10. The Hall–Kier alpha value is -3.87. The van der Waals surface area contributed by atoms with Crippen LogP contribution in [-0.4, -0.2) is 25.5 Å². The lowest BCUT2D eigenvalue weighted by molar-refractivity contribution is -0.114. The van der Waals surface area contributed by atoms with Gasteiger partial charge in [-0.05, 0) is 61.0 Å². The van der Waals surface area contributed by atoms with Crippen LogP contribution in [0.3, 0.4) is 0 Å². The molecule has 0 atom stereocenters. The molecule has 3 aromatic rings. The van der Waals surface area contributed by atoms with Crippen LogP contribution in [0.2, 0.25) is 0 Å². The average Bonchev–Trinajstić information content (AvgIpc) is 2.74. The largest absolute Gasteiger partial charge is 0.495 e. The van der Waals surface area contributed by atoms with Gasteiger partial charge in [-0.3, -0.25) is 9.59 Å². The van der Waals surface area contributed by atoms with Crippen molar-refractivity contribution < 1.29 is 18.7 Å². The zero-order valence-corrected chi connectivity index (χ0v) is 16.7. The summed E-state index contributed by atoms with van der Waals surface area (Å²) >= 11 is 0. The van der Waals surface area contributed by atoms with E-state index in [0.29, 0.717) is 22.7 Å². The maximum absolute atomic E-state index is 13.8. The van der Waals surface area contributed by atoms with E-state index in [2.05, 4.69) is 16.0 Å². The van der Waals surface area contributed by atoms with Crippen molar-refractivity contribution in [3.8, 4) is 5.75 Å². The molecular weight excluding hydrogens is 385 g/mol. The fourth-order valence-corrected chi connectivity index (χ4v) is 2.79. The molecule has 0 saturated carbocycles. The lowest BCUT2D eigenvalue weighted by Crippen LogP contribution is -2.22. The van der Waals surface area contributed by atoms with Crippen LogP contribution in [0.4, 0.5) is 21.5 Å². The third-order valence-corrected chi connectivity index (χ3v) is 4.35. The van der Waals surface area contributed by atoms with E-state index >= 15 is 0 Å². The second-order valence-electron chi connectivity index (χ2n) is 6.62. The molecule has 0 saturated heterocycles. The van der Waals surface area contributed by atoms with Gasteiger partial charge >= 0.3 is 0 Å². The first-order valence-electron chi connectivity index (χ1n) is 9.30. The summed E-state index contributed by atoms with van der Waals surface area (Å²) in [6.07, 6.45) is 0. The lowest BCUT2D eigenvalue weighted by Gasteiger charge is -2.11. The van der Waals surface area contributed by atoms with Crippen molar-refractivity contribution in [1.29, 1.82) is 0 Å². The molecule has 0 heterocycles. The highest BCUT2D eigenvalue weighted by Crippen LogP contribution is 2.24. The first kappa shape index (κ1) is 20.9. The summed E-state index contributed by atoms with van der Waals surface area (Å²) in [6, 6.07) is 18.3. The van der Waals surface area contributed by atoms with Crippen LogP contribution in [0, 0.1) is 12.7 Å². The number of para-hydroxylation sites is 2. The van der Waals surface area contributed by atoms with E-state index in [1.54, 1.807) is 61.5 Å². The monoisotopic (exact) mass is 407 g/mol. The van der Waals surface area contributed by atoms with Gasteiger partial charge in [0.05, 0.1) is 25.0 Å². The fourth-order valence-electron chi connectivity index (χ4n) is 2.79. The Bertz CT molecular complexity index is 1050. The number of hydrogen-bond acceptors (Lipinski definition) is 4. The second-order valence-corrected chi connectivity index (χ2v) is 6.62. The van der Waals surface area contributed by atoms with Gasteiger partial charge in [0.1, 0.15) is 11.6 Å². The van der Waals surface area contributed by atoms with E-state index in [1.165, 1.54) is 13.2 Å². The Kier molecular flexibility index (Phi) is 6.64. The van der Waals surface area contributed by atoms with Gasteiger partial charge in [-0.25, -0.2) is 4.39 Å². The van der Waals surface area contributed by atoms with E-state index in [4.69, 9.17) is 4.74 Å². The summed E-state index contributed by atoms with van der Waals surface area (Å²) in [7, 11) is 1.53. The molecule has 0 radical (unpaired) electrons. The van der Waals surface area contributed by atoms with Crippen molar-refractivity contribution in [3.05, 3.63) is 83.7 Å². The predicted octanol–water partition coefficient (Wildman–Crippen LogP) is 4.45. The second kappa shape index (κ2) is 9.56. The van der Waals surface area contributed by atoms with Crippen LogP contribution < -0.4 is 20.7 Å². The molecule has 154 valence electrons. The van der Waals surface area contributed by atoms with Gasteiger partial charge in [0.15, 0.2) is 0 Å². The summed E-state index contributed by atoms with van der Waals surface area (Å²) in [5.41, 5.74) is 2.59. The van der Waals surface area contributed by atoms with Crippen molar-refractivity contribution in [3.63, 3.8) is 0 Å². The number of halogens is 1. The summed E-state index contributed by atoms with van der Waals surface area (Å²) in [4.78, 5) is 24.5. The number of ether oxygens (including phenoxy) is 1. The molecule has 0 fully saturated rings. The molecule has 3 rings (SSSR count). The third-order valence-electron chi connectivity index (χ3n) is 4.35. The van der Waals surface area contributed by atoms with Gasteiger partial charge < -0.3 is 20.7 Å².